The summed E-state index contributed by atoms with van der Waals surface area (Å²) in [7, 11) is 0. The Balaban J connectivity index is 0.000001000. The van der Waals surface area contributed by atoms with Gasteiger partial charge in [0.1, 0.15) is 0 Å². The summed E-state index contributed by atoms with van der Waals surface area (Å²) in [6.07, 6.45) is 0. The van der Waals surface area contributed by atoms with E-state index < -0.39 is 0 Å². The van der Waals surface area contributed by atoms with Crippen molar-refractivity contribution in [3.63, 3.8) is 0 Å². The SMILES string of the molecule is Cc1ccc2ccccc2c1CN1CCNCC1.Cl.Cl. The lowest BCUT2D eigenvalue weighted by atomic mass is 9.99. The maximum absolute atomic E-state index is 3.41. The van der Waals surface area contributed by atoms with Crippen LogP contribution in [0.2, 0.25) is 0 Å². The van der Waals surface area contributed by atoms with Crippen LogP contribution >= 0.6 is 24.8 Å². The number of rotatable bonds is 2. The zero-order valence-corrected chi connectivity index (χ0v) is 13.4. The molecule has 0 radical (unpaired) electrons. The van der Waals surface area contributed by atoms with Crippen LogP contribution in [0.1, 0.15) is 11.1 Å². The van der Waals surface area contributed by atoms with Gasteiger partial charge in [0.25, 0.3) is 0 Å². The van der Waals surface area contributed by atoms with E-state index in [0.29, 0.717) is 0 Å². The molecule has 3 rings (SSSR count). The third kappa shape index (κ3) is 3.64. The Morgan fingerprint density at radius 2 is 1.70 bits per heavy atom. The maximum Gasteiger partial charge on any atom is 0.0243 e. The van der Waals surface area contributed by atoms with Crippen LogP contribution < -0.4 is 5.32 Å². The number of hydrogen-bond donors (Lipinski definition) is 1. The minimum atomic E-state index is 0. The molecule has 2 aromatic rings. The Labute approximate surface area is 133 Å². The van der Waals surface area contributed by atoms with Gasteiger partial charge >= 0.3 is 0 Å². The summed E-state index contributed by atoms with van der Waals surface area (Å²) in [5, 5.41) is 6.18. The summed E-state index contributed by atoms with van der Waals surface area (Å²) in [5.41, 5.74) is 2.90. The van der Waals surface area contributed by atoms with Gasteiger partial charge in [-0.2, -0.15) is 0 Å². The topological polar surface area (TPSA) is 15.3 Å². The van der Waals surface area contributed by atoms with Gasteiger partial charge in [-0.15, -0.1) is 24.8 Å². The normalized spacial score (nSPS) is 15.4. The highest BCUT2D eigenvalue weighted by molar-refractivity contribution is 5.86. The van der Waals surface area contributed by atoms with Crippen molar-refractivity contribution in [2.45, 2.75) is 13.5 Å². The fourth-order valence-corrected chi connectivity index (χ4v) is 2.75. The molecule has 1 aliphatic rings. The van der Waals surface area contributed by atoms with Crippen LogP contribution in [-0.2, 0) is 6.54 Å². The van der Waals surface area contributed by atoms with E-state index in [1.54, 1.807) is 0 Å². The van der Waals surface area contributed by atoms with E-state index >= 15 is 0 Å². The monoisotopic (exact) mass is 312 g/mol. The second-order valence-electron chi connectivity index (χ2n) is 5.11. The van der Waals surface area contributed by atoms with Crippen LogP contribution in [0.3, 0.4) is 0 Å². The largest absolute Gasteiger partial charge is 0.314 e. The number of benzene rings is 2. The first-order valence-corrected chi connectivity index (χ1v) is 6.75. The summed E-state index contributed by atoms with van der Waals surface area (Å²) in [6.45, 7) is 7.85. The molecule has 2 aromatic carbocycles. The molecule has 1 aliphatic heterocycles. The molecule has 1 saturated heterocycles. The smallest absolute Gasteiger partial charge is 0.0243 e. The predicted molar refractivity (Wildman–Crippen MR) is 91.3 cm³/mol. The minimum Gasteiger partial charge on any atom is -0.314 e. The summed E-state index contributed by atoms with van der Waals surface area (Å²) in [6, 6.07) is 13.2. The molecule has 4 heteroatoms. The first kappa shape index (κ1) is 17.3. The highest BCUT2D eigenvalue weighted by Crippen LogP contribution is 2.23. The fraction of sp³-hybridized carbons (Fsp3) is 0.375. The first-order chi connectivity index (χ1) is 8.84. The highest BCUT2D eigenvalue weighted by Gasteiger charge is 2.12. The van der Waals surface area contributed by atoms with Gasteiger partial charge in [-0.3, -0.25) is 4.90 Å². The molecule has 0 bridgehead atoms. The average Bonchev–Trinajstić information content (AvgIpc) is 2.43. The molecule has 110 valence electrons. The quantitative estimate of drug-likeness (QED) is 0.914. The number of piperazine rings is 1. The van der Waals surface area contributed by atoms with Crippen molar-refractivity contribution in [1.29, 1.82) is 0 Å². The lowest BCUT2D eigenvalue weighted by Gasteiger charge is -2.28. The van der Waals surface area contributed by atoms with Crippen LogP contribution in [0.15, 0.2) is 36.4 Å². The van der Waals surface area contributed by atoms with Crippen molar-refractivity contribution in [3.05, 3.63) is 47.5 Å². The van der Waals surface area contributed by atoms with Crippen molar-refractivity contribution < 1.29 is 0 Å². The van der Waals surface area contributed by atoms with Gasteiger partial charge in [-0.1, -0.05) is 36.4 Å². The highest BCUT2D eigenvalue weighted by atomic mass is 35.5. The molecule has 0 atom stereocenters. The lowest BCUT2D eigenvalue weighted by Crippen LogP contribution is -2.43. The molecule has 1 fully saturated rings. The average molecular weight is 313 g/mol. The number of hydrogen-bond acceptors (Lipinski definition) is 2. The van der Waals surface area contributed by atoms with Crippen molar-refractivity contribution in [2.75, 3.05) is 26.2 Å². The van der Waals surface area contributed by atoms with Gasteiger partial charge in [-0.25, -0.2) is 0 Å². The number of fused-ring (bicyclic) bond motifs is 1. The summed E-state index contributed by atoms with van der Waals surface area (Å²) in [4.78, 5) is 2.55. The molecule has 1 heterocycles. The Bertz CT molecular complexity index is 551. The van der Waals surface area contributed by atoms with E-state index in [1.807, 2.05) is 0 Å². The number of aryl methyl sites for hydroxylation is 1. The van der Waals surface area contributed by atoms with Crippen LogP contribution in [0, 0.1) is 6.92 Å². The van der Waals surface area contributed by atoms with E-state index in [1.165, 1.54) is 21.9 Å². The number of nitrogens with zero attached hydrogens (tertiary/aromatic N) is 1. The van der Waals surface area contributed by atoms with Crippen molar-refractivity contribution in [3.8, 4) is 0 Å². The second-order valence-corrected chi connectivity index (χ2v) is 5.11. The Kier molecular flexibility index (Phi) is 6.77. The minimum absolute atomic E-state index is 0. The molecular formula is C16H22Cl2N2. The molecular weight excluding hydrogens is 291 g/mol. The van der Waals surface area contributed by atoms with Crippen molar-refractivity contribution >= 4 is 35.6 Å². The third-order valence-electron chi connectivity index (χ3n) is 3.87. The van der Waals surface area contributed by atoms with Crippen molar-refractivity contribution in [1.82, 2.24) is 10.2 Å². The zero-order valence-electron chi connectivity index (χ0n) is 11.8. The van der Waals surface area contributed by atoms with Crippen LogP contribution in [0.4, 0.5) is 0 Å². The zero-order chi connectivity index (χ0) is 12.4. The fourth-order valence-electron chi connectivity index (χ4n) is 2.75. The van der Waals surface area contributed by atoms with Gasteiger partial charge in [0.2, 0.25) is 0 Å². The van der Waals surface area contributed by atoms with Crippen molar-refractivity contribution in [2.24, 2.45) is 0 Å². The summed E-state index contributed by atoms with van der Waals surface area (Å²) < 4.78 is 0. The molecule has 0 unspecified atom stereocenters. The van der Waals surface area contributed by atoms with Gasteiger partial charge in [0, 0.05) is 32.7 Å². The first-order valence-electron chi connectivity index (χ1n) is 6.75. The van der Waals surface area contributed by atoms with E-state index in [4.69, 9.17) is 0 Å². The van der Waals surface area contributed by atoms with E-state index in [0.717, 1.165) is 32.7 Å². The maximum atomic E-state index is 3.41. The molecule has 0 aromatic heterocycles. The predicted octanol–water partition coefficient (Wildman–Crippen LogP) is 3.40. The Morgan fingerprint density at radius 1 is 1.00 bits per heavy atom. The van der Waals surface area contributed by atoms with Gasteiger partial charge in [0.05, 0.1) is 0 Å². The Morgan fingerprint density at radius 3 is 2.45 bits per heavy atom. The standard InChI is InChI=1S/C16H20N2.2ClH/c1-13-6-7-14-4-2-3-5-15(14)16(13)12-18-10-8-17-9-11-18;;/h2-7,17H,8-12H2,1H3;2*1H. The lowest BCUT2D eigenvalue weighted by molar-refractivity contribution is 0.233. The molecule has 0 spiro atoms. The van der Waals surface area contributed by atoms with E-state index in [2.05, 4.69) is 53.5 Å². The molecule has 20 heavy (non-hydrogen) atoms. The number of nitrogens with one attached hydrogen (secondary N) is 1. The molecule has 2 nitrogen and oxygen atoms in total. The van der Waals surface area contributed by atoms with E-state index in [9.17, 15) is 0 Å². The van der Waals surface area contributed by atoms with E-state index in [-0.39, 0.29) is 24.8 Å². The summed E-state index contributed by atoms with van der Waals surface area (Å²) >= 11 is 0. The third-order valence-corrected chi connectivity index (χ3v) is 3.87. The van der Waals surface area contributed by atoms with Crippen LogP contribution in [0.5, 0.6) is 0 Å². The molecule has 1 N–H and O–H groups in total. The Hall–Kier alpha value is -0.800. The summed E-state index contributed by atoms with van der Waals surface area (Å²) in [5.74, 6) is 0. The second kappa shape index (κ2) is 7.84. The molecule has 0 amide bonds. The number of halogens is 2. The van der Waals surface area contributed by atoms with Gasteiger partial charge < -0.3 is 5.32 Å². The van der Waals surface area contributed by atoms with Gasteiger partial charge in [-0.05, 0) is 28.8 Å². The molecule has 0 saturated carbocycles. The molecule has 0 aliphatic carbocycles. The van der Waals surface area contributed by atoms with Crippen LogP contribution in [0.25, 0.3) is 10.8 Å². The van der Waals surface area contributed by atoms with Crippen LogP contribution in [-0.4, -0.2) is 31.1 Å². The van der Waals surface area contributed by atoms with Gasteiger partial charge in [0.15, 0.2) is 0 Å².